The van der Waals surface area contributed by atoms with Gasteiger partial charge in [0.15, 0.2) is 5.65 Å². The number of aromatic amines is 1. The summed E-state index contributed by atoms with van der Waals surface area (Å²) >= 11 is -2.36. The monoisotopic (exact) mass is 471 g/mol. The molecule has 178 valence electrons. The third-order valence-corrected chi connectivity index (χ3v) is 6.70. The maximum absolute atomic E-state index is 12.7. The van der Waals surface area contributed by atoms with Crippen molar-refractivity contribution in [2.75, 3.05) is 31.1 Å². The van der Waals surface area contributed by atoms with Crippen molar-refractivity contribution in [1.82, 2.24) is 19.9 Å². The number of piperidine rings is 2. The van der Waals surface area contributed by atoms with Crippen molar-refractivity contribution < 1.29 is 13.6 Å². The van der Waals surface area contributed by atoms with Gasteiger partial charge in [-0.1, -0.05) is 6.92 Å². The van der Waals surface area contributed by atoms with E-state index in [9.17, 15) is 4.79 Å². The Morgan fingerprint density at radius 2 is 2.00 bits per heavy atom. The molecule has 2 fully saturated rings. The number of H-pyrrole nitrogens is 1. The van der Waals surface area contributed by atoms with E-state index in [1.165, 1.54) is 17.5 Å². The molecule has 2 atom stereocenters. The number of amides is 1. The van der Waals surface area contributed by atoms with Crippen LogP contribution in [0.5, 0.6) is 0 Å². The van der Waals surface area contributed by atoms with Gasteiger partial charge in [0.2, 0.25) is 5.91 Å². The molecule has 2 saturated heterocycles. The van der Waals surface area contributed by atoms with Crippen LogP contribution >= 0.6 is 0 Å². The lowest BCUT2D eigenvalue weighted by molar-refractivity contribution is -0.134. The van der Waals surface area contributed by atoms with Crippen LogP contribution in [0.15, 0.2) is 30.7 Å². The summed E-state index contributed by atoms with van der Waals surface area (Å²) in [5, 5.41) is 6.33. The number of fused-ring (bicyclic) bond motifs is 3. The summed E-state index contributed by atoms with van der Waals surface area (Å²) in [6, 6.07) is 4.21. The van der Waals surface area contributed by atoms with Crippen LogP contribution in [0.4, 0.5) is 5.69 Å². The third kappa shape index (κ3) is 5.69. The number of pyridine rings is 2. The number of carbonyl (C=O) groups is 1. The molecule has 0 bridgehead atoms. The van der Waals surface area contributed by atoms with Gasteiger partial charge in [0.05, 0.1) is 11.7 Å². The molecule has 0 spiro atoms. The van der Waals surface area contributed by atoms with Crippen LogP contribution in [0.25, 0.3) is 21.9 Å². The van der Waals surface area contributed by atoms with E-state index in [0.29, 0.717) is 24.2 Å². The lowest BCUT2D eigenvalue weighted by Crippen LogP contribution is -2.41. The van der Waals surface area contributed by atoms with Crippen molar-refractivity contribution in [2.45, 2.75) is 39.0 Å². The summed E-state index contributed by atoms with van der Waals surface area (Å²) in [7, 11) is 0. The topological polar surface area (TPSA) is 131 Å². The number of nitrogens with one attached hydrogen (secondary N) is 1. The van der Waals surface area contributed by atoms with Crippen molar-refractivity contribution >= 4 is 44.8 Å². The molecule has 1 amide bonds. The highest BCUT2D eigenvalue weighted by Crippen LogP contribution is 2.34. The van der Waals surface area contributed by atoms with Gasteiger partial charge in [-0.05, 0) is 49.7 Å². The van der Waals surface area contributed by atoms with Crippen molar-refractivity contribution in [2.24, 2.45) is 17.0 Å². The molecule has 3 aromatic rings. The predicted octanol–water partition coefficient (Wildman–Crippen LogP) is 2.72. The Morgan fingerprint density at radius 3 is 2.73 bits per heavy atom. The fraction of sp³-hybridized carbons (Fsp3) is 0.522. The van der Waals surface area contributed by atoms with Gasteiger partial charge in [-0.3, -0.25) is 14.1 Å². The van der Waals surface area contributed by atoms with Gasteiger partial charge >= 0.3 is 0 Å². The van der Waals surface area contributed by atoms with Crippen LogP contribution in [-0.2, 0) is 16.1 Å². The van der Waals surface area contributed by atoms with E-state index in [4.69, 9.17) is 8.76 Å². The summed E-state index contributed by atoms with van der Waals surface area (Å²) in [6.07, 6.45) is 11.0. The molecule has 0 radical (unpaired) electrons. The molecular formula is C23H31N6O3S-. The highest BCUT2D eigenvalue weighted by Gasteiger charge is 2.27. The average Bonchev–Trinajstić information content (AvgIpc) is 3.28. The van der Waals surface area contributed by atoms with Gasteiger partial charge in [0, 0.05) is 72.7 Å². The second-order valence-electron chi connectivity index (χ2n) is 9.07. The summed E-state index contributed by atoms with van der Waals surface area (Å²) in [5.74, 6) is 1.51. The second-order valence-corrected chi connectivity index (χ2v) is 9.60. The summed E-state index contributed by atoms with van der Waals surface area (Å²) in [5.41, 5.74) is 3.09. The number of hydrogen-bond donors (Lipinski definition) is 2. The largest absolute Gasteiger partial charge is 0.760 e. The lowest BCUT2D eigenvalue weighted by Gasteiger charge is -2.36. The van der Waals surface area contributed by atoms with E-state index in [2.05, 4.69) is 42.9 Å². The van der Waals surface area contributed by atoms with Gasteiger partial charge in [-0.15, -0.1) is 0 Å². The Labute approximate surface area is 196 Å². The third-order valence-electron chi connectivity index (χ3n) is 6.70. The van der Waals surface area contributed by atoms with Crippen LogP contribution in [-0.4, -0.2) is 60.7 Å². The van der Waals surface area contributed by atoms with Gasteiger partial charge < -0.3 is 19.3 Å². The zero-order chi connectivity index (χ0) is 23.4. The summed E-state index contributed by atoms with van der Waals surface area (Å²) < 4.78 is 17.6. The van der Waals surface area contributed by atoms with E-state index >= 15 is 0 Å². The minimum Gasteiger partial charge on any atom is -0.760 e. The molecule has 2 aliphatic heterocycles. The smallest absolute Gasteiger partial charge is 0.222 e. The predicted molar refractivity (Wildman–Crippen MR) is 129 cm³/mol. The van der Waals surface area contributed by atoms with Crippen LogP contribution in [0.2, 0.25) is 0 Å². The van der Waals surface area contributed by atoms with Gasteiger partial charge in [-0.2, -0.15) is 0 Å². The zero-order valence-corrected chi connectivity index (χ0v) is 19.7. The maximum atomic E-state index is 12.7. The second kappa shape index (κ2) is 10.6. The molecule has 5 heterocycles. The van der Waals surface area contributed by atoms with Gasteiger partial charge in [0.1, 0.15) is 0 Å². The number of nitrogens with zero attached hydrogens (tertiary/aromatic N) is 4. The SMILES string of the molecule is CC1CCCN(C(=O)CC2CCN(c3cc[nH]c4cnc5nccc5c34)CC2)C1.NS(=O)[O-]. The van der Waals surface area contributed by atoms with E-state index in [1.807, 2.05) is 24.7 Å². The van der Waals surface area contributed by atoms with E-state index in [-0.39, 0.29) is 0 Å². The Bertz CT molecular complexity index is 1120. The zero-order valence-electron chi connectivity index (χ0n) is 18.9. The number of carbonyl (C=O) groups excluding carboxylic acids is 1. The molecule has 0 saturated carbocycles. The summed E-state index contributed by atoms with van der Waals surface area (Å²) in [4.78, 5) is 29.4. The highest BCUT2D eigenvalue weighted by molar-refractivity contribution is 7.76. The summed E-state index contributed by atoms with van der Waals surface area (Å²) in [6.45, 7) is 6.14. The Balaban J connectivity index is 0.000000601. The Kier molecular flexibility index (Phi) is 7.56. The number of likely N-dealkylation sites (tertiary alicyclic amines) is 1. The van der Waals surface area contributed by atoms with Crippen LogP contribution in [0.1, 0.15) is 39.0 Å². The quantitative estimate of drug-likeness (QED) is 0.565. The average molecular weight is 472 g/mol. The number of nitrogens with two attached hydrogens (primary N) is 1. The molecule has 2 aliphatic rings. The lowest BCUT2D eigenvalue weighted by atomic mass is 9.91. The van der Waals surface area contributed by atoms with E-state index in [0.717, 1.165) is 62.0 Å². The van der Waals surface area contributed by atoms with Crippen molar-refractivity contribution in [3.05, 3.63) is 30.7 Å². The van der Waals surface area contributed by atoms with Gasteiger partial charge in [-0.25, -0.2) is 9.97 Å². The molecule has 5 rings (SSSR count). The molecule has 33 heavy (non-hydrogen) atoms. The molecular weight excluding hydrogens is 440 g/mol. The number of rotatable bonds is 3. The first-order valence-corrected chi connectivity index (χ1v) is 12.6. The van der Waals surface area contributed by atoms with E-state index in [1.54, 1.807) is 0 Å². The molecule has 0 aliphatic carbocycles. The Morgan fingerprint density at radius 1 is 1.24 bits per heavy atom. The molecule has 3 N–H and O–H groups in total. The minimum atomic E-state index is -2.36. The highest BCUT2D eigenvalue weighted by atomic mass is 32.2. The van der Waals surface area contributed by atoms with E-state index < -0.39 is 11.3 Å². The first-order chi connectivity index (χ1) is 15.9. The fourth-order valence-electron chi connectivity index (χ4n) is 5.07. The molecule has 2 unspecified atom stereocenters. The first-order valence-electron chi connectivity index (χ1n) is 11.5. The number of hydrogen-bond acceptors (Lipinski definition) is 6. The number of aromatic nitrogens is 3. The Hall–Kier alpha value is -2.56. The minimum absolute atomic E-state index is 0.366. The molecule has 9 nitrogen and oxygen atoms in total. The standard InChI is InChI=1S/C23H29N5O.H3NO2S/c1-16-3-2-10-28(15-16)21(29)13-17-6-11-27(12-7-17)20-5-9-24-19-14-26-23-18(22(19)20)4-8-25-23;1-4(2)3/h4-5,8-9,14,16-17,24H,2-3,6-7,10-13,15H2,1H3;1H2,(H,2,3)/p-1. The fourth-order valence-corrected chi connectivity index (χ4v) is 5.07. The maximum Gasteiger partial charge on any atom is 0.222 e. The first kappa shape index (κ1) is 23.6. The molecule has 3 aromatic heterocycles. The van der Waals surface area contributed by atoms with Crippen molar-refractivity contribution in [3.63, 3.8) is 0 Å². The van der Waals surface area contributed by atoms with Crippen molar-refractivity contribution in [3.8, 4) is 0 Å². The number of anilines is 1. The van der Waals surface area contributed by atoms with Gasteiger partial charge in [0.25, 0.3) is 0 Å². The molecule has 0 aromatic carbocycles. The van der Waals surface area contributed by atoms with Crippen LogP contribution in [0.3, 0.4) is 0 Å². The normalized spacial score (nSPS) is 20.5. The van der Waals surface area contributed by atoms with Crippen LogP contribution in [0, 0.1) is 11.8 Å². The van der Waals surface area contributed by atoms with Crippen LogP contribution < -0.4 is 10.0 Å². The molecule has 10 heteroatoms. The van der Waals surface area contributed by atoms with Crippen molar-refractivity contribution in [1.29, 1.82) is 0 Å².